The molecule has 0 radical (unpaired) electrons. The van der Waals surface area contributed by atoms with Crippen LogP contribution in [-0.4, -0.2) is 4.92 Å². The maximum atomic E-state index is 13.6. The van der Waals surface area contributed by atoms with E-state index >= 15 is 0 Å². The Bertz CT molecular complexity index is 548. The number of nitro benzene ring substituents is 1. The normalized spacial score (nSPS) is 11.7. The molecule has 2 aromatic rings. The Balaban J connectivity index is 0.00000162. The summed E-state index contributed by atoms with van der Waals surface area (Å²) in [7, 11) is 0. The van der Waals surface area contributed by atoms with Crippen molar-refractivity contribution < 1.29 is 9.31 Å². The molecule has 0 unspecified atom stereocenters. The van der Waals surface area contributed by atoms with Gasteiger partial charge in [0.2, 0.25) is 0 Å². The van der Waals surface area contributed by atoms with Crippen LogP contribution in [0.1, 0.15) is 17.2 Å². The highest BCUT2D eigenvalue weighted by molar-refractivity contribution is 7.08. The van der Waals surface area contributed by atoms with Gasteiger partial charge in [-0.2, -0.15) is 11.3 Å². The van der Waals surface area contributed by atoms with Crippen LogP contribution in [0.15, 0.2) is 35.0 Å². The standard InChI is InChI=1S/C11H9FN2O2S.ClH/c12-10-2-1-8(14(15)16)5-9(10)11(13)7-3-4-17-6-7;/h1-6,11H,13H2;1H/t11-;/m0./s1. The molecule has 96 valence electrons. The molecule has 0 saturated carbocycles. The summed E-state index contributed by atoms with van der Waals surface area (Å²) in [6.45, 7) is 0. The Labute approximate surface area is 113 Å². The molecule has 2 N–H and O–H groups in total. The number of hydrogen-bond acceptors (Lipinski definition) is 4. The van der Waals surface area contributed by atoms with E-state index in [2.05, 4.69) is 0 Å². The molecule has 18 heavy (non-hydrogen) atoms. The zero-order valence-electron chi connectivity index (χ0n) is 9.08. The largest absolute Gasteiger partial charge is 0.320 e. The second-order valence-corrected chi connectivity index (χ2v) is 4.28. The summed E-state index contributed by atoms with van der Waals surface area (Å²) in [6.07, 6.45) is 0. The molecular formula is C11H10ClFN2O2S. The summed E-state index contributed by atoms with van der Waals surface area (Å²) in [5.41, 5.74) is 6.60. The van der Waals surface area contributed by atoms with Crippen molar-refractivity contribution in [3.8, 4) is 0 Å². The maximum absolute atomic E-state index is 13.6. The van der Waals surface area contributed by atoms with E-state index in [0.29, 0.717) is 0 Å². The van der Waals surface area contributed by atoms with Crippen molar-refractivity contribution >= 4 is 29.4 Å². The lowest BCUT2D eigenvalue weighted by Crippen LogP contribution is -2.13. The van der Waals surface area contributed by atoms with Gasteiger partial charge >= 0.3 is 0 Å². The van der Waals surface area contributed by atoms with Crippen LogP contribution in [0.3, 0.4) is 0 Å². The molecule has 1 heterocycles. The maximum Gasteiger partial charge on any atom is 0.269 e. The van der Waals surface area contributed by atoms with Crippen molar-refractivity contribution in [2.45, 2.75) is 6.04 Å². The molecule has 1 aromatic heterocycles. The molecule has 0 spiro atoms. The summed E-state index contributed by atoms with van der Waals surface area (Å²) in [5, 5.41) is 14.2. The number of halogens is 2. The average Bonchev–Trinajstić information content (AvgIpc) is 2.81. The van der Waals surface area contributed by atoms with Crippen molar-refractivity contribution in [2.75, 3.05) is 0 Å². The van der Waals surface area contributed by atoms with Gasteiger partial charge in [-0.15, -0.1) is 12.4 Å². The van der Waals surface area contributed by atoms with E-state index < -0.39 is 16.8 Å². The highest BCUT2D eigenvalue weighted by Gasteiger charge is 2.17. The van der Waals surface area contributed by atoms with E-state index in [1.807, 2.05) is 5.38 Å². The number of rotatable bonds is 3. The summed E-state index contributed by atoms with van der Waals surface area (Å²) in [6, 6.07) is 4.46. The van der Waals surface area contributed by atoms with E-state index in [-0.39, 0.29) is 23.7 Å². The summed E-state index contributed by atoms with van der Waals surface area (Å²) in [5.74, 6) is -0.533. The number of benzene rings is 1. The van der Waals surface area contributed by atoms with Gasteiger partial charge in [-0.3, -0.25) is 10.1 Å². The molecule has 0 aliphatic heterocycles. The van der Waals surface area contributed by atoms with Gasteiger partial charge in [0.1, 0.15) is 5.82 Å². The molecule has 0 aliphatic rings. The van der Waals surface area contributed by atoms with Crippen LogP contribution in [-0.2, 0) is 0 Å². The molecule has 0 bridgehead atoms. The van der Waals surface area contributed by atoms with E-state index in [0.717, 1.165) is 17.7 Å². The number of hydrogen-bond donors (Lipinski definition) is 1. The Morgan fingerprint density at radius 2 is 2.11 bits per heavy atom. The van der Waals surface area contributed by atoms with Crippen LogP contribution in [0.2, 0.25) is 0 Å². The highest BCUT2D eigenvalue weighted by Crippen LogP contribution is 2.27. The molecular weight excluding hydrogens is 279 g/mol. The topological polar surface area (TPSA) is 69.2 Å². The number of nitro groups is 1. The molecule has 2 rings (SSSR count). The third-order valence-electron chi connectivity index (χ3n) is 2.43. The summed E-state index contributed by atoms with van der Waals surface area (Å²) in [4.78, 5) is 10.1. The van der Waals surface area contributed by atoms with Crippen molar-refractivity contribution in [2.24, 2.45) is 5.73 Å². The first-order valence-corrected chi connectivity index (χ1v) is 5.75. The fraction of sp³-hybridized carbons (Fsp3) is 0.0909. The zero-order valence-corrected chi connectivity index (χ0v) is 10.7. The first-order valence-electron chi connectivity index (χ1n) is 4.81. The smallest absolute Gasteiger partial charge is 0.269 e. The van der Waals surface area contributed by atoms with Crippen molar-refractivity contribution in [3.05, 3.63) is 62.1 Å². The van der Waals surface area contributed by atoms with Crippen LogP contribution in [0.25, 0.3) is 0 Å². The molecule has 0 aliphatic carbocycles. The molecule has 0 saturated heterocycles. The van der Waals surface area contributed by atoms with Gasteiger partial charge < -0.3 is 5.73 Å². The van der Waals surface area contributed by atoms with Gasteiger partial charge in [0.25, 0.3) is 5.69 Å². The van der Waals surface area contributed by atoms with Crippen LogP contribution in [0.5, 0.6) is 0 Å². The monoisotopic (exact) mass is 288 g/mol. The SMILES string of the molecule is Cl.N[C@@H](c1ccsc1)c1cc([N+](=O)[O-])ccc1F. The minimum absolute atomic E-state index is 0. The van der Waals surface area contributed by atoms with E-state index in [9.17, 15) is 14.5 Å². The molecule has 1 aromatic carbocycles. The second kappa shape index (κ2) is 5.90. The number of non-ortho nitro benzene ring substituents is 1. The van der Waals surface area contributed by atoms with E-state index in [4.69, 9.17) is 5.73 Å². The minimum Gasteiger partial charge on any atom is -0.320 e. The third kappa shape index (κ3) is 2.84. The Hall–Kier alpha value is -1.50. The zero-order chi connectivity index (χ0) is 12.4. The summed E-state index contributed by atoms with van der Waals surface area (Å²) < 4.78 is 13.6. The lowest BCUT2D eigenvalue weighted by atomic mass is 10.0. The van der Waals surface area contributed by atoms with Crippen molar-refractivity contribution in [3.63, 3.8) is 0 Å². The fourth-order valence-electron chi connectivity index (χ4n) is 1.51. The highest BCUT2D eigenvalue weighted by atomic mass is 35.5. The van der Waals surface area contributed by atoms with E-state index in [1.54, 1.807) is 11.4 Å². The Morgan fingerprint density at radius 1 is 1.39 bits per heavy atom. The van der Waals surface area contributed by atoms with Gasteiger partial charge in [0, 0.05) is 17.7 Å². The predicted octanol–water partition coefficient (Wildman–Crippen LogP) is 3.27. The molecule has 7 heteroatoms. The average molecular weight is 289 g/mol. The molecule has 0 amide bonds. The number of thiophene rings is 1. The van der Waals surface area contributed by atoms with Gasteiger partial charge in [-0.05, 0) is 28.5 Å². The lowest BCUT2D eigenvalue weighted by molar-refractivity contribution is -0.385. The quantitative estimate of drug-likeness (QED) is 0.696. The molecule has 4 nitrogen and oxygen atoms in total. The Morgan fingerprint density at radius 3 is 2.67 bits per heavy atom. The minimum atomic E-state index is -0.679. The third-order valence-corrected chi connectivity index (χ3v) is 3.13. The Kier molecular flexibility index (Phi) is 4.77. The molecule has 1 atom stereocenters. The van der Waals surface area contributed by atoms with Crippen molar-refractivity contribution in [1.82, 2.24) is 0 Å². The van der Waals surface area contributed by atoms with Crippen LogP contribution in [0, 0.1) is 15.9 Å². The predicted molar refractivity (Wildman–Crippen MR) is 70.7 cm³/mol. The fourth-order valence-corrected chi connectivity index (χ4v) is 2.21. The first-order chi connectivity index (χ1) is 8.09. The lowest BCUT2D eigenvalue weighted by Gasteiger charge is -2.11. The van der Waals surface area contributed by atoms with E-state index in [1.165, 1.54) is 17.4 Å². The number of nitrogens with two attached hydrogens (primary N) is 1. The first kappa shape index (κ1) is 14.6. The van der Waals surface area contributed by atoms with Gasteiger partial charge in [0.15, 0.2) is 0 Å². The van der Waals surface area contributed by atoms with Crippen LogP contribution >= 0.6 is 23.7 Å². The molecule has 0 fully saturated rings. The van der Waals surface area contributed by atoms with Crippen molar-refractivity contribution in [1.29, 1.82) is 0 Å². The van der Waals surface area contributed by atoms with Gasteiger partial charge in [-0.25, -0.2) is 4.39 Å². The number of nitrogens with zero attached hydrogens (tertiary/aromatic N) is 1. The van der Waals surface area contributed by atoms with Crippen LogP contribution in [0.4, 0.5) is 10.1 Å². The van der Waals surface area contributed by atoms with Gasteiger partial charge in [0.05, 0.1) is 11.0 Å². The van der Waals surface area contributed by atoms with Crippen LogP contribution < -0.4 is 5.73 Å². The summed E-state index contributed by atoms with van der Waals surface area (Å²) >= 11 is 1.44. The second-order valence-electron chi connectivity index (χ2n) is 3.50. The van der Waals surface area contributed by atoms with Gasteiger partial charge in [-0.1, -0.05) is 0 Å².